The number of carbonyl (C=O) groups is 1. The molecule has 0 unspecified atom stereocenters. The van der Waals surface area contributed by atoms with Crippen LogP contribution < -0.4 is 5.73 Å². The minimum atomic E-state index is 0.0478. The second-order valence-electron chi connectivity index (χ2n) is 3.40. The second kappa shape index (κ2) is 4.16. The summed E-state index contributed by atoms with van der Waals surface area (Å²) in [5.74, 6) is 0.0478. The fourth-order valence-corrected chi connectivity index (χ4v) is 2.25. The number of aromatic amines is 1. The molecule has 0 saturated heterocycles. The zero-order valence-corrected chi connectivity index (χ0v) is 9.67. The fourth-order valence-electron chi connectivity index (χ4n) is 1.63. The normalized spacial score (nSPS) is 10.8. The molecule has 3 nitrogen and oxygen atoms in total. The van der Waals surface area contributed by atoms with Gasteiger partial charge in [0.15, 0.2) is 5.78 Å². The number of ketones is 1. The van der Waals surface area contributed by atoms with E-state index in [1.807, 2.05) is 24.4 Å². The van der Waals surface area contributed by atoms with Crippen molar-refractivity contribution in [1.82, 2.24) is 4.98 Å². The molecule has 0 aliphatic rings. The lowest BCUT2D eigenvalue weighted by atomic mass is 10.1. The first-order valence-corrected chi connectivity index (χ1v) is 5.48. The summed E-state index contributed by atoms with van der Waals surface area (Å²) in [4.78, 5) is 14.4. The quantitative estimate of drug-likeness (QED) is 0.893. The smallest absolute Gasteiger partial charge is 0.150 e. The molecule has 2 aromatic rings. The Morgan fingerprint density at radius 1 is 1.47 bits per heavy atom. The van der Waals surface area contributed by atoms with Crippen molar-refractivity contribution in [2.75, 3.05) is 6.54 Å². The number of benzene rings is 1. The van der Waals surface area contributed by atoms with Gasteiger partial charge in [0.1, 0.15) is 0 Å². The number of aromatic nitrogens is 1. The third kappa shape index (κ3) is 1.96. The Labute approximate surface area is 95.8 Å². The Hall–Kier alpha value is -1.13. The van der Waals surface area contributed by atoms with E-state index < -0.39 is 0 Å². The topological polar surface area (TPSA) is 58.9 Å². The largest absolute Gasteiger partial charge is 0.361 e. The van der Waals surface area contributed by atoms with Crippen LogP contribution in [0.1, 0.15) is 5.56 Å². The molecule has 78 valence electrons. The highest BCUT2D eigenvalue weighted by molar-refractivity contribution is 9.10. The number of nitrogens with one attached hydrogen (secondary N) is 1. The predicted octanol–water partition coefficient (Wildman–Crippen LogP) is 2.00. The first-order valence-electron chi connectivity index (χ1n) is 4.68. The van der Waals surface area contributed by atoms with Crippen LogP contribution in [0.4, 0.5) is 0 Å². The number of halogens is 1. The average Bonchev–Trinajstić information content (AvgIpc) is 2.63. The number of nitrogens with two attached hydrogens (primary N) is 1. The second-order valence-corrected chi connectivity index (χ2v) is 4.25. The lowest BCUT2D eigenvalue weighted by molar-refractivity contribution is -0.117. The van der Waals surface area contributed by atoms with Crippen LogP contribution in [0, 0.1) is 0 Å². The summed E-state index contributed by atoms with van der Waals surface area (Å²) in [6.45, 7) is 0.0944. The van der Waals surface area contributed by atoms with Gasteiger partial charge in [0.05, 0.1) is 6.54 Å². The molecule has 0 saturated carbocycles. The zero-order valence-electron chi connectivity index (χ0n) is 8.09. The van der Waals surface area contributed by atoms with E-state index in [9.17, 15) is 4.79 Å². The maximum absolute atomic E-state index is 11.3. The van der Waals surface area contributed by atoms with Crippen molar-refractivity contribution in [3.05, 3.63) is 34.4 Å². The Kier molecular flexibility index (Phi) is 2.88. The van der Waals surface area contributed by atoms with Gasteiger partial charge in [-0.3, -0.25) is 4.79 Å². The maximum Gasteiger partial charge on any atom is 0.150 e. The lowest BCUT2D eigenvalue weighted by Gasteiger charge is -1.99. The number of fused-ring (bicyclic) bond motifs is 1. The molecular weight excluding hydrogens is 256 g/mol. The van der Waals surface area contributed by atoms with E-state index in [-0.39, 0.29) is 12.3 Å². The average molecular weight is 267 g/mol. The van der Waals surface area contributed by atoms with Gasteiger partial charge in [-0.1, -0.05) is 22.0 Å². The van der Waals surface area contributed by atoms with Gasteiger partial charge >= 0.3 is 0 Å². The van der Waals surface area contributed by atoms with Crippen molar-refractivity contribution in [3.63, 3.8) is 0 Å². The molecule has 0 aliphatic heterocycles. The van der Waals surface area contributed by atoms with Gasteiger partial charge < -0.3 is 10.7 Å². The highest BCUT2D eigenvalue weighted by Gasteiger charge is 2.09. The summed E-state index contributed by atoms with van der Waals surface area (Å²) in [6, 6.07) is 5.90. The van der Waals surface area contributed by atoms with Crippen molar-refractivity contribution in [2.24, 2.45) is 5.73 Å². The zero-order chi connectivity index (χ0) is 10.8. The van der Waals surface area contributed by atoms with Crippen LogP contribution in [0.25, 0.3) is 10.9 Å². The van der Waals surface area contributed by atoms with Crippen molar-refractivity contribution in [1.29, 1.82) is 0 Å². The van der Waals surface area contributed by atoms with E-state index in [2.05, 4.69) is 20.9 Å². The Morgan fingerprint density at radius 3 is 3.00 bits per heavy atom. The molecule has 3 N–H and O–H groups in total. The van der Waals surface area contributed by atoms with Gasteiger partial charge in [0.2, 0.25) is 0 Å². The Balaban J connectivity index is 2.48. The van der Waals surface area contributed by atoms with Crippen molar-refractivity contribution < 1.29 is 4.79 Å². The lowest BCUT2D eigenvalue weighted by Crippen LogP contribution is -2.15. The summed E-state index contributed by atoms with van der Waals surface area (Å²) in [6.07, 6.45) is 2.25. The third-order valence-electron chi connectivity index (χ3n) is 2.35. The molecule has 0 spiro atoms. The molecule has 0 fully saturated rings. The molecule has 0 atom stereocenters. The Morgan fingerprint density at radius 2 is 2.27 bits per heavy atom. The summed E-state index contributed by atoms with van der Waals surface area (Å²) in [5.41, 5.74) is 7.32. The molecule has 0 bridgehead atoms. The van der Waals surface area contributed by atoms with E-state index >= 15 is 0 Å². The molecule has 0 amide bonds. The molecule has 1 heterocycles. The van der Waals surface area contributed by atoms with Gasteiger partial charge in [-0.05, 0) is 17.7 Å². The van der Waals surface area contributed by atoms with Crippen molar-refractivity contribution in [3.8, 4) is 0 Å². The van der Waals surface area contributed by atoms with Crippen LogP contribution in [0.2, 0.25) is 0 Å². The minimum absolute atomic E-state index is 0.0478. The van der Waals surface area contributed by atoms with Gasteiger partial charge in [0, 0.05) is 28.0 Å². The number of hydrogen-bond acceptors (Lipinski definition) is 2. The summed E-state index contributed by atoms with van der Waals surface area (Å²) >= 11 is 3.48. The first kappa shape index (κ1) is 10.4. The van der Waals surface area contributed by atoms with Gasteiger partial charge in [0.25, 0.3) is 0 Å². The van der Waals surface area contributed by atoms with Crippen LogP contribution in [0.3, 0.4) is 0 Å². The van der Waals surface area contributed by atoms with Crippen LogP contribution in [0.5, 0.6) is 0 Å². The molecule has 0 aliphatic carbocycles. The first-order chi connectivity index (χ1) is 7.22. The van der Waals surface area contributed by atoms with E-state index in [0.29, 0.717) is 6.42 Å². The fraction of sp³-hybridized carbons (Fsp3) is 0.182. The van der Waals surface area contributed by atoms with Crippen LogP contribution in [-0.4, -0.2) is 17.3 Å². The number of carbonyl (C=O) groups excluding carboxylic acids is 1. The van der Waals surface area contributed by atoms with E-state index in [1.165, 1.54) is 0 Å². The molecular formula is C11H11BrN2O. The van der Waals surface area contributed by atoms with E-state index in [1.54, 1.807) is 0 Å². The van der Waals surface area contributed by atoms with Gasteiger partial charge in [-0.2, -0.15) is 0 Å². The molecule has 2 rings (SSSR count). The number of hydrogen-bond donors (Lipinski definition) is 2. The molecule has 15 heavy (non-hydrogen) atoms. The minimum Gasteiger partial charge on any atom is -0.361 e. The monoisotopic (exact) mass is 266 g/mol. The van der Waals surface area contributed by atoms with Crippen LogP contribution >= 0.6 is 15.9 Å². The van der Waals surface area contributed by atoms with E-state index in [0.717, 1.165) is 20.9 Å². The Bertz CT molecular complexity index is 504. The summed E-state index contributed by atoms with van der Waals surface area (Å²) < 4.78 is 1.00. The summed E-state index contributed by atoms with van der Waals surface area (Å²) in [7, 11) is 0. The SMILES string of the molecule is NCC(=O)Cc1c[nH]c2cccc(Br)c12. The van der Waals surface area contributed by atoms with Gasteiger partial charge in [-0.15, -0.1) is 0 Å². The molecule has 1 aromatic carbocycles. The van der Waals surface area contributed by atoms with Crippen LogP contribution in [-0.2, 0) is 11.2 Å². The molecule has 0 radical (unpaired) electrons. The van der Waals surface area contributed by atoms with Gasteiger partial charge in [-0.25, -0.2) is 0 Å². The highest BCUT2D eigenvalue weighted by Crippen LogP contribution is 2.27. The summed E-state index contributed by atoms with van der Waals surface area (Å²) in [5, 5.41) is 1.07. The van der Waals surface area contributed by atoms with Crippen molar-refractivity contribution in [2.45, 2.75) is 6.42 Å². The van der Waals surface area contributed by atoms with E-state index in [4.69, 9.17) is 5.73 Å². The number of Topliss-reactive ketones (excluding diaryl/α,β-unsaturated/α-hetero) is 1. The van der Waals surface area contributed by atoms with Crippen LogP contribution in [0.15, 0.2) is 28.9 Å². The molecule has 1 aromatic heterocycles. The predicted molar refractivity (Wildman–Crippen MR) is 63.8 cm³/mol. The maximum atomic E-state index is 11.3. The van der Waals surface area contributed by atoms with Crippen molar-refractivity contribution >= 4 is 32.6 Å². The number of H-pyrrole nitrogens is 1. The molecule has 4 heteroatoms. The number of rotatable bonds is 3. The highest BCUT2D eigenvalue weighted by atomic mass is 79.9. The third-order valence-corrected chi connectivity index (χ3v) is 3.01. The standard InChI is InChI=1S/C11H11BrN2O/c12-9-2-1-3-10-11(9)7(6-14-10)4-8(15)5-13/h1-3,6,14H,4-5,13H2.